The van der Waals surface area contributed by atoms with Crippen LogP contribution in [0.4, 0.5) is 0 Å². The highest BCUT2D eigenvalue weighted by Gasteiger charge is 2.22. The molecule has 1 saturated heterocycles. The van der Waals surface area contributed by atoms with Gasteiger partial charge >= 0.3 is 5.97 Å². The number of methoxy groups -OCH3 is 1. The molecule has 4 nitrogen and oxygen atoms in total. The molecule has 0 radical (unpaired) electrons. The summed E-state index contributed by atoms with van der Waals surface area (Å²) in [6, 6.07) is 8.77. The van der Waals surface area contributed by atoms with Crippen LogP contribution in [0.5, 0.6) is 0 Å². The molecule has 0 spiro atoms. The number of carbonyl (C=O) groups is 1. The van der Waals surface area contributed by atoms with Gasteiger partial charge in [0.15, 0.2) is 0 Å². The first-order chi connectivity index (χ1) is 10.1. The van der Waals surface area contributed by atoms with E-state index >= 15 is 0 Å². The Bertz CT molecular complexity index is 476. The number of esters is 1. The lowest BCUT2D eigenvalue weighted by Crippen LogP contribution is -2.51. The van der Waals surface area contributed by atoms with E-state index in [0.717, 1.165) is 38.3 Å². The van der Waals surface area contributed by atoms with Crippen LogP contribution in [0.25, 0.3) is 0 Å². The number of hydrogen-bond acceptors (Lipinski definition) is 4. The van der Waals surface area contributed by atoms with Crippen LogP contribution < -0.4 is 0 Å². The van der Waals surface area contributed by atoms with Gasteiger partial charge in [0.2, 0.25) is 0 Å². The van der Waals surface area contributed by atoms with Gasteiger partial charge in [-0.3, -0.25) is 14.6 Å². The molecule has 1 heterocycles. The fourth-order valence-corrected chi connectivity index (χ4v) is 3.04. The van der Waals surface area contributed by atoms with Gasteiger partial charge in [-0.1, -0.05) is 31.2 Å². The SMILES string of the molecule is CCN1CCN(Cc2ccccc2CC(=O)OC)CC1C. The molecule has 0 aliphatic carbocycles. The summed E-state index contributed by atoms with van der Waals surface area (Å²) >= 11 is 0. The molecule has 4 heteroatoms. The van der Waals surface area contributed by atoms with Gasteiger partial charge < -0.3 is 4.74 Å². The predicted octanol–water partition coefficient (Wildman–Crippen LogP) is 1.93. The zero-order chi connectivity index (χ0) is 15.2. The normalized spacial score (nSPS) is 20.4. The molecule has 1 unspecified atom stereocenters. The van der Waals surface area contributed by atoms with Gasteiger partial charge in [0.25, 0.3) is 0 Å². The van der Waals surface area contributed by atoms with Crippen LogP contribution in [-0.2, 0) is 22.5 Å². The Balaban J connectivity index is 2.01. The summed E-state index contributed by atoms with van der Waals surface area (Å²) in [5, 5.41) is 0. The van der Waals surface area contributed by atoms with Crippen LogP contribution in [-0.4, -0.2) is 55.1 Å². The first kappa shape index (κ1) is 16.0. The van der Waals surface area contributed by atoms with E-state index in [1.54, 1.807) is 0 Å². The molecule has 1 fully saturated rings. The van der Waals surface area contributed by atoms with Crippen molar-refractivity contribution in [3.63, 3.8) is 0 Å². The summed E-state index contributed by atoms with van der Waals surface area (Å²) in [5.41, 5.74) is 2.31. The van der Waals surface area contributed by atoms with E-state index in [2.05, 4.69) is 29.7 Å². The number of likely N-dealkylation sites (N-methyl/N-ethyl adjacent to an activating group) is 1. The Morgan fingerprint density at radius 2 is 2.00 bits per heavy atom. The minimum atomic E-state index is -0.174. The molecular formula is C17H26N2O2. The van der Waals surface area contributed by atoms with Crippen LogP contribution in [0.3, 0.4) is 0 Å². The van der Waals surface area contributed by atoms with Crippen molar-refractivity contribution in [2.75, 3.05) is 33.3 Å². The van der Waals surface area contributed by atoms with Gasteiger partial charge in [0.1, 0.15) is 0 Å². The van der Waals surface area contributed by atoms with E-state index in [0.29, 0.717) is 12.5 Å². The smallest absolute Gasteiger partial charge is 0.309 e. The lowest BCUT2D eigenvalue weighted by atomic mass is 10.0. The minimum absolute atomic E-state index is 0.174. The van der Waals surface area contributed by atoms with Crippen LogP contribution >= 0.6 is 0 Å². The number of carbonyl (C=O) groups excluding carboxylic acids is 1. The number of piperazine rings is 1. The predicted molar refractivity (Wildman–Crippen MR) is 84.1 cm³/mol. The standard InChI is InChI=1S/C17H26N2O2/c1-4-19-10-9-18(12-14(19)2)13-16-8-6-5-7-15(16)11-17(20)21-3/h5-8,14H,4,9-13H2,1-3H3. The number of nitrogens with zero attached hydrogens (tertiary/aromatic N) is 2. The molecule has 1 aliphatic rings. The van der Waals surface area contributed by atoms with Gasteiger partial charge in [0, 0.05) is 32.2 Å². The van der Waals surface area contributed by atoms with Crippen LogP contribution in [0, 0.1) is 0 Å². The summed E-state index contributed by atoms with van der Waals surface area (Å²) in [5.74, 6) is -0.174. The minimum Gasteiger partial charge on any atom is -0.469 e. The fourth-order valence-electron chi connectivity index (χ4n) is 3.04. The second-order valence-corrected chi connectivity index (χ2v) is 5.73. The molecule has 116 valence electrons. The molecule has 1 atom stereocenters. The molecule has 0 bridgehead atoms. The maximum Gasteiger partial charge on any atom is 0.309 e. The van der Waals surface area contributed by atoms with Crippen molar-refractivity contribution >= 4 is 5.97 Å². The van der Waals surface area contributed by atoms with Gasteiger partial charge in [-0.05, 0) is 24.6 Å². The molecular weight excluding hydrogens is 264 g/mol. The summed E-state index contributed by atoms with van der Waals surface area (Å²) < 4.78 is 4.79. The second kappa shape index (κ2) is 7.57. The Hall–Kier alpha value is -1.39. The summed E-state index contributed by atoms with van der Waals surface area (Å²) in [7, 11) is 1.44. The average Bonchev–Trinajstić information content (AvgIpc) is 2.49. The summed E-state index contributed by atoms with van der Waals surface area (Å²) in [6.45, 7) is 9.83. The fraction of sp³-hybridized carbons (Fsp3) is 0.588. The Morgan fingerprint density at radius 3 is 2.62 bits per heavy atom. The number of hydrogen-bond donors (Lipinski definition) is 0. The van der Waals surface area contributed by atoms with Gasteiger partial charge in [-0.15, -0.1) is 0 Å². The zero-order valence-corrected chi connectivity index (χ0v) is 13.3. The maximum atomic E-state index is 11.5. The van der Waals surface area contributed by atoms with Crippen molar-refractivity contribution in [3.8, 4) is 0 Å². The molecule has 1 aromatic carbocycles. The van der Waals surface area contributed by atoms with E-state index < -0.39 is 0 Å². The monoisotopic (exact) mass is 290 g/mol. The van der Waals surface area contributed by atoms with Crippen molar-refractivity contribution in [1.82, 2.24) is 9.80 Å². The highest BCUT2D eigenvalue weighted by atomic mass is 16.5. The van der Waals surface area contributed by atoms with Gasteiger partial charge in [-0.2, -0.15) is 0 Å². The third-order valence-electron chi connectivity index (χ3n) is 4.33. The molecule has 1 aromatic rings. The zero-order valence-electron chi connectivity index (χ0n) is 13.3. The maximum absolute atomic E-state index is 11.5. The van der Waals surface area contributed by atoms with Crippen LogP contribution in [0.2, 0.25) is 0 Å². The van der Waals surface area contributed by atoms with Gasteiger partial charge in [-0.25, -0.2) is 0 Å². The molecule has 0 saturated carbocycles. The highest BCUT2D eigenvalue weighted by Crippen LogP contribution is 2.16. The Kier molecular flexibility index (Phi) is 5.76. The number of benzene rings is 1. The number of rotatable bonds is 5. The molecule has 0 N–H and O–H groups in total. The number of ether oxygens (including phenoxy) is 1. The van der Waals surface area contributed by atoms with Crippen molar-refractivity contribution < 1.29 is 9.53 Å². The van der Waals surface area contributed by atoms with Crippen molar-refractivity contribution in [1.29, 1.82) is 0 Å². The van der Waals surface area contributed by atoms with E-state index in [9.17, 15) is 4.79 Å². The molecule has 21 heavy (non-hydrogen) atoms. The van der Waals surface area contributed by atoms with E-state index in [1.165, 1.54) is 12.7 Å². The van der Waals surface area contributed by atoms with Crippen molar-refractivity contribution in [3.05, 3.63) is 35.4 Å². The third kappa shape index (κ3) is 4.29. The average molecular weight is 290 g/mol. The van der Waals surface area contributed by atoms with E-state index in [-0.39, 0.29) is 5.97 Å². The molecule has 1 aliphatic heterocycles. The summed E-state index contributed by atoms with van der Waals surface area (Å²) in [6.07, 6.45) is 0.358. The topological polar surface area (TPSA) is 32.8 Å². The lowest BCUT2D eigenvalue weighted by molar-refractivity contribution is -0.139. The first-order valence-corrected chi connectivity index (χ1v) is 7.74. The summed E-state index contributed by atoms with van der Waals surface area (Å²) in [4.78, 5) is 16.5. The van der Waals surface area contributed by atoms with Gasteiger partial charge in [0.05, 0.1) is 13.5 Å². The quantitative estimate of drug-likeness (QED) is 0.776. The second-order valence-electron chi connectivity index (χ2n) is 5.73. The molecule has 0 aromatic heterocycles. The largest absolute Gasteiger partial charge is 0.469 e. The van der Waals surface area contributed by atoms with E-state index in [4.69, 9.17) is 4.74 Å². The Morgan fingerprint density at radius 1 is 1.29 bits per heavy atom. The van der Waals surface area contributed by atoms with Crippen molar-refractivity contribution in [2.24, 2.45) is 0 Å². The molecule has 0 amide bonds. The molecule has 2 rings (SSSR count). The lowest BCUT2D eigenvalue weighted by Gasteiger charge is -2.39. The highest BCUT2D eigenvalue weighted by molar-refractivity contribution is 5.72. The van der Waals surface area contributed by atoms with E-state index in [1.807, 2.05) is 18.2 Å². The third-order valence-corrected chi connectivity index (χ3v) is 4.33. The first-order valence-electron chi connectivity index (χ1n) is 7.74. The van der Waals surface area contributed by atoms with Crippen LogP contribution in [0.1, 0.15) is 25.0 Å². The van der Waals surface area contributed by atoms with Crippen LogP contribution in [0.15, 0.2) is 24.3 Å². The van der Waals surface area contributed by atoms with Crippen molar-refractivity contribution in [2.45, 2.75) is 32.9 Å². The Labute approximate surface area is 127 Å².